The molecular weight excluding hydrogens is 316 g/mol. The van der Waals surface area contributed by atoms with Gasteiger partial charge in [-0.05, 0) is 19.1 Å². The second-order valence-corrected chi connectivity index (χ2v) is 5.04. The quantitative estimate of drug-likeness (QED) is 0.652. The number of pyridine rings is 1. The summed E-state index contributed by atoms with van der Waals surface area (Å²) in [6, 6.07) is 7.40. The highest BCUT2D eigenvalue weighted by molar-refractivity contribution is 6.47. The lowest BCUT2D eigenvalue weighted by Gasteiger charge is -2.11. The number of nitrogens with zero attached hydrogens (tertiary/aromatic N) is 1. The Hall–Kier alpha value is -0.670. The van der Waals surface area contributed by atoms with Crippen molar-refractivity contribution < 1.29 is 4.74 Å². The van der Waals surface area contributed by atoms with Gasteiger partial charge in [0, 0.05) is 0 Å². The van der Waals surface area contributed by atoms with Crippen LogP contribution in [-0.2, 0) is 0 Å². The molecule has 0 N–H and O–H groups in total. The Bertz CT molecular complexity index is 557. The molecule has 0 aliphatic rings. The summed E-state index contributed by atoms with van der Waals surface area (Å²) in [6.45, 7) is 1.98. The van der Waals surface area contributed by atoms with E-state index in [1.54, 1.807) is 12.1 Å². The van der Waals surface area contributed by atoms with E-state index in [2.05, 4.69) is 4.98 Å². The third-order valence-electron chi connectivity index (χ3n) is 2.20. The van der Waals surface area contributed by atoms with Crippen molar-refractivity contribution in [3.63, 3.8) is 0 Å². The van der Waals surface area contributed by atoms with Crippen LogP contribution in [0.25, 0.3) is 0 Å². The summed E-state index contributed by atoms with van der Waals surface area (Å²) in [5.41, 5.74) is 1.12. The van der Waals surface area contributed by atoms with Gasteiger partial charge in [0.05, 0.1) is 0 Å². The van der Waals surface area contributed by atoms with Crippen LogP contribution in [0.3, 0.4) is 0 Å². The zero-order chi connectivity index (χ0) is 13.3. The number of benzene rings is 1. The first-order valence-corrected chi connectivity index (χ1v) is 6.44. The van der Waals surface area contributed by atoms with Gasteiger partial charge in [-0.3, -0.25) is 0 Å². The van der Waals surface area contributed by atoms with Gasteiger partial charge in [-0.15, -0.1) is 0 Å². The second-order valence-electron chi connectivity index (χ2n) is 3.57. The van der Waals surface area contributed by atoms with Crippen molar-refractivity contribution in [3.05, 3.63) is 50.2 Å². The Morgan fingerprint density at radius 2 is 1.39 bits per heavy atom. The van der Waals surface area contributed by atoms with E-state index in [-0.39, 0.29) is 26.1 Å². The Morgan fingerprint density at radius 1 is 0.889 bits per heavy atom. The van der Waals surface area contributed by atoms with Crippen molar-refractivity contribution in [1.29, 1.82) is 0 Å². The zero-order valence-electron chi connectivity index (χ0n) is 9.18. The summed E-state index contributed by atoms with van der Waals surface area (Å²) < 4.78 is 5.58. The van der Waals surface area contributed by atoms with Crippen LogP contribution in [0.2, 0.25) is 20.4 Å². The normalized spacial score (nSPS) is 10.5. The summed E-state index contributed by atoms with van der Waals surface area (Å²) in [5, 5.41) is 0.361. The summed E-state index contributed by atoms with van der Waals surface area (Å²) >= 11 is 23.6. The standard InChI is InChI=1S/C12H7Cl4NO/c1-6-2-4-7(5-3-6)18-10-8(13)11(15)17-12(16)9(10)14/h2-5H,1H3. The fraction of sp³-hybridized carbons (Fsp3) is 0.0833. The average Bonchev–Trinajstić information content (AvgIpc) is 2.34. The number of ether oxygens (including phenoxy) is 1. The molecule has 0 bridgehead atoms. The third kappa shape index (κ3) is 2.83. The molecule has 1 aromatic carbocycles. The minimum absolute atomic E-state index is 0.0492. The van der Waals surface area contributed by atoms with Crippen LogP contribution in [0, 0.1) is 6.92 Å². The van der Waals surface area contributed by atoms with Gasteiger partial charge in [0.1, 0.15) is 15.8 Å². The van der Waals surface area contributed by atoms with Crippen LogP contribution >= 0.6 is 46.4 Å². The predicted molar refractivity (Wildman–Crippen MR) is 75.5 cm³/mol. The average molecular weight is 323 g/mol. The highest BCUT2D eigenvalue weighted by Gasteiger charge is 2.17. The molecule has 2 rings (SSSR count). The van der Waals surface area contributed by atoms with Gasteiger partial charge in [0.25, 0.3) is 0 Å². The van der Waals surface area contributed by atoms with Crippen molar-refractivity contribution in [1.82, 2.24) is 4.98 Å². The lowest BCUT2D eigenvalue weighted by molar-refractivity contribution is 0.482. The Balaban J connectivity index is 2.42. The van der Waals surface area contributed by atoms with Gasteiger partial charge in [-0.1, -0.05) is 64.1 Å². The summed E-state index contributed by atoms with van der Waals surface area (Å²) in [5.74, 6) is 0.787. The van der Waals surface area contributed by atoms with Crippen LogP contribution in [0.15, 0.2) is 24.3 Å². The number of aryl methyl sites for hydroxylation is 1. The van der Waals surface area contributed by atoms with Crippen molar-refractivity contribution in [2.24, 2.45) is 0 Å². The number of hydrogen-bond acceptors (Lipinski definition) is 2. The van der Waals surface area contributed by atoms with E-state index in [0.29, 0.717) is 5.75 Å². The van der Waals surface area contributed by atoms with Crippen LogP contribution in [0.5, 0.6) is 11.5 Å². The SMILES string of the molecule is Cc1ccc(Oc2c(Cl)c(Cl)nc(Cl)c2Cl)cc1. The van der Waals surface area contributed by atoms with E-state index in [1.165, 1.54) is 0 Å². The molecule has 0 radical (unpaired) electrons. The number of hydrogen-bond donors (Lipinski definition) is 0. The smallest absolute Gasteiger partial charge is 0.170 e. The lowest BCUT2D eigenvalue weighted by Crippen LogP contribution is -1.91. The maximum absolute atomic E-state index is 5.99. The monoisotopic (exact) mass is 321 g/mol. The van der Waals surface area contributed by atoms with Gasteiger partial charge in [-0.25, -0.2) is 4.98 Å². The molecule has 6 heteroatoms. The molecule has 0 saturated carbocycles. The molecule has 0 unspecified atom stereocenters. The Labute approximate surface area is 124 Å². The first kappa shape index (κ1) is 13.8. The van der Waals surface area contributed by atoms with Gasteiger partial charge in [0.2, 0.25) is 0 Å². The second kappa shape index (κ2) is 5.54. The highest BCUT2D eigenvalue weighted by Crippen LogP contribution is 2.42. The van der Waals surface area contributed by atoms with E-state index in [0.717, 1.165) is 5.56 Å². The minimum atomic E-state index is 0.0492. The maximum atomic E-state index is 5.99. The summed E-state index contributed by atoms with van der Waals surface area (Å²) in [6.07, 6.45) is 0. The van der Waals surface area contributed by atoms with E-state index in [4.69, 9.17) is 51.1 Å². The molecule has 0 fully saturated rings. The topological polar surface area (TPSA) is 22.1 Å². The minimum Gasteiger partial charge on any atom is -0.454 e. The maximum Gasteiger partial charge on any atom is 0.170 e. The molecule has 1 heterocycles. The lowest BCUT2D eigenvalue weighted by atomic mass is 10.2. The van der Waals surface area contributed by atoms with Gasteiger partial charge in [-0.2, -0.15) is 0 Å². The molecule has 94 valence electrons. The number of halogens is 4. The van der Waals surface area contributed by atoms with Crippen LogP contribution in [-0.4, -0.2) is 4.98 Å². The molecule has 0 aliphatic heterocycles. The Morgan fingerprint density at radius 3 is 1.89 bits per heavy atom. The number of rotatable bonds is 2. The fourth-order valence-corrected chi connectivity index (χ4v) is 2.06. The molecule has 0 atom stereocenters. The van der Waals surface area contributed by atoms with Crippen molar-refractivity contribution in [3.8, 4) is 11.5 Å². The van der Waals surface area contributed by atoms with Gasteiger partial charge >= 0.3 is 0 Å². The van der Waals surface area contributed by atoms with Crippen LogP contribution in [0.1, 0.15) is 5.56 Å². The molecule has 18 heavy (non-hydrogen) atoms. The molecule has 2 nitrogen and oxygen atoms in total. The van der Waals surface area contributed by atoms with Crippen molar-refractivity contribution in [2.75, 3.05) is 0 Å². The van der Waals surface area contributed by atoms with Gasteiger partial charge < -0.3 is 4.74 Å². The molecule has 1 aromatic heterocycles. The summed E-state index contributed by atoms with van der Waals surface area (Å²) in [7, 11) is 0. The third-order valence-corrected chi connectivity index (χ3v) is 3.64. The van der Waals surface area contributed by atoms with E-state index >= 15 is 0 Å². The fourth-order valence-electron chi connectivity index (χ4n) is 1.28. The first-order chi connectivity index (χ1) is 8.49. The van der Waals surface area contributed by atoms with Crippen molar-refractivity contribution in [2.45, 2.75) is 6.92 Å². The molecule has 0 aliphatic carbocycles. The first-order valence-electron chi connectivity index (χ1n) is 4.93. The Kier molecular flexibility index (Phi) is 4.23. The molecular formula is C12H7Cl4NO. The number of aromatic nitrogens is 1. The van der Waals surface area contributed by atoms with Crippen molar-refractivity contribution >= 4 is 46.4 Å². The van der Waals surface area contributed by atoms with E-state index < -0.39 is 0 Å². The zero-order valence-corrected chi connectivity index (χ0v) is 12.2. The van der Waals surface area contributed by atoms with E-state index in [9.17, 15) is 0 Å². The largest absolute Gasteiger partial charge is 0.454 e. The van der Waals surface area contributed by atoms with E-state index in [1.807, 2.05) is 19.1 Å². The molecule has 0 amide bonds. The molecule has 0 spiro atoms. The molecule has 2 aromatic rings. The molecule has 0 saturated heterocycles. The summed E-state index contributed by atoms with van der Waals surface area (Å²) in [4.78, 5) is 3.78. The highest BCUT2D eigenvalue weighted by atomic mass is 35.5. The van der Waals surface area contributed by atoms with Gasteiger partial charge in [0.15, 0.2) is 16.1 Å². The van der Waals surface area contributed by atoms with Crippen LogP contribution < -0.4 is 4.74 Å². The van der Waals surface area contributed by atoms with Crippen LogP contribution in [0.4, 0.5) is 0 Å². The predicted octanol–water partition coefficient (Wildman–Crippen LogP) is 5.80.